The fraction of sp³-hybridized carbons (Fsp3) is 0.538. The lowest BCUT2D eigenvalue weighted by Crippen LogP contribution is -2.47. The number of rotatable bonds is 6. The van der Waals surface area contributed by atoms with E-state index in [1.807, 2.05) is 0 Å². The van der Waals surface area contributed by atoms with Crippen LogP contribution in [-0.2, 0) is 14.2 Å². The normalized spacial score (nSPS) is 26.6. The fourth-order valence-electron chi connectivity index (χ4n) is 5.46. The Morgan fingerprint density at radius 2 is 1.53 bits per heavy atom. The molecule has 4 heteroatoms. The summed E-state index contributed by atoms with van der Waals surface area (Å²) in [5, 5.41) is 0. The molecular weight excluding hydrogens is 374 g/mol. The molecule has 2 aliphatic heterocycles. The van der Waals surface area contributed by atoms with Crippen molar-refractivity contribution in [3.8, 4) is 0 Å². The molecule has 0 unspecified atom stereocenters. The fourth-order valence-corrected chi connectivity index (χ4v) is 5.46. The van der Waals surface area contributed by atoms with E-state index in [2.05, 4.69) is 65.6 Å². The van der Waals surface area contributed by atoms with Crippen molar-refractivity contribution < 1.29 is 14.2 Å². The van der Waals surface area contributed by atoms with Crippen molar-refractivity contribution in [1.29, 1.82) is 0 Å². The van der Waals surface area contributed by atoms with Gasteiger partial charge in [0.1, 0.15) is 0 Å². The predicted molar refractivity (Wildman–Crippen MR) is 118 cm³/mol. The highest BCUT2D eigenvalue weighted by molar-refractivity contribution is 5.32. The summed E-state index contributed by atoms with van der Waals surface area (Å²) < 4.78 is 18.6. The molecule has 2 heterocycles. The molecule has 1 spiro atoms. The van der Waals surface area contributed by atoms with Crippen LogP contribution in [0.1, 0.15) is 49.1 Å². The van der Waals surface area contributed by atoms with Gasteiger partial charge in [-0.25, -0.2) is 0 Å². The minimum atomic E-state index is -0.349. The maximum atomic E-state index is 6.71. The van der Waals surface area contributed by atoms with Crippen LogP contribution in [-0.4, -0.2) is 55.7 Å². The van der Waals surface area contributed by atoms with Crippen LogP contribution in [0.15, 0.2) is 60.7 Å². The number of hydrogen-bond acceptors (Lipinski definition) is 4. The molecule has 160 valence electrons. The summed E-state index contributed by atoms with van der Waals surface area (Å²) in [5.74, 6) is -0.0834. The topological polar surface area (TPSA) is 30.9 Å². The summed E-state index contributed by atoms with van der Waals surface area (Å²) >= 11 is 0. The van der Waals surface area contributed by atoms with Gasteiger partial charge >= 0.3 is 0 Å². The molecule has 1 aliphatic carbocycles. The monoisotopic (exact) mass is 407 g/mol. The molecule has 2 aromatic rings. The molecule has 3 fully saturated rings. The van der Waals surface area contributed by atoms with Crippen molar-refractivity contribution in [2.75, 3.05) is 32.9 Å². The molecule has 3 aliphatic rings. The maximum absolute atomic E-state index is 6.71. The van der Waals surface area contributed by atoms with E-state index in [9.17, 15) is 0 Å². The van der Waals surface area contributed by atoms with Crippen molar-refractivity contribution in [3.05, 3.63) is 71.8 Å². The van der Waals surface area contributed by atoms with Crippen LogP contribution >= 0.6 is 0 Å². The summed E-state index contributed by atoms with van der Waals surface area (Å²) in [6.07, 6.45) is 6.16. The average Bonchev–Trinajstić information content (AvgIpc) is 3.45. The Hall–Kier alpha value is -1.72. The van der Waals surface area contributed by atoms with Crippen LogP contribution in [0, 0.1) is 0 Å². The van der Waals surface area contributed by atoms with Gasteiger partial charge in [0, 0.05) is 24.9 Å². The zero-order valence-electron chi connectivity index (χ0n) is 17.7. The number of nitrogens with zero attached hydrogens (tertiary/aromatic N) is 1. The number of hydrogen-bond donors (Lipinski definition) is 0. The second-order valence-corrected chi connectivity index (χ2v) is 8.93. The van der Waals surface area contributed by atoms with Crippen molar-refractivity contribution in [2.24, 2.45) is 0 Å². The SMILES string of the molecule is c1ccc(C(CO[C@H]2CCCC[C@@H]2N2CCC3(C2)OCCO3)c2ccccc2)cc1. The third-order valence-electron chi connectivity index (χ3n) is 7.06. The van der Waals surface area contributed by atoms with Gasteiger partial charge in [0.05, 0.1) is 32.5 Å². The highest BCUT2D eigenvalue weighted by Gasteiger charge is 2.46. The summed E-state index contributed by atoms with van der Waals surface area (Å²) in [6.45, 7) is 4.12. The van der Waals surface area contributed by atoms with Crippen LogP contribution in [0.2, 0.25) is 0 Å². The van der Waals surface area contributed by atoms with Crippen LogP contribution in [0.5, 0.6) is 0 Å². The Morgan fingerprint density at radius 1 is 0.900 bits per heavy atom. The lowest BCUT2D eigenvalue weighted by Gasteiger charge is -2.39. The lowest BCUT2D eigenvalue weighted by molar-refractivity contribution is -0.150. The van der Waals surface area contributed by atoms with Gasteiger partial charge in [-0.3, -0.25) is 4.90 Å². The van der Waals surface area contributed by atoms with Gasteiger partial charge in [0.2, 0.25) is 0 Å². The van der Waals surface area contributed by atoms with E-state index in [0.29, 0.717) is 6.04 Å². The quantitative estimate of drug-likeness (QED) is 0.701. The Bertz CT molecular complexity index is 751. The van der Waals surface area contributed by atoms with E-state index < -0.39 is 0 Å². The minimum absolute atomic E-state index is 0.265. The van der Waals surface area contributed by atoms with Crippen LogP contribution in [0.25, 0.3) is 0 Å². The van der Waals surface area contributed by atoms with Crippen LogP contribution in [0.4, 0.5) is 0 Å². The van der Waals surface area contributed by atoms with Gasteiger partial charge in [-0.15, -0.1) is 0 Å². The van der Waals surface area contributed by atoms with Gasteiger partial charge in [-0.1, -0.05) is 73.5 Å². The van der Waals surface area contributed by atoms with Crippen LogP contribution in [0.3, 0.4) is 0 Å². The average molecular weight is 408 g/mol. The van der Waals surface area contributed by atoms with E-state index in [0.717, 1.165) is 45.8 Å². The first-order valence-electron chi connectivity index (χ1n) is 11.6. The Balaban J connectivity index is 1.29. The van der Waals surface area contributed by atoms with E-state index in [1.54, 1.807) is 0 Å². The molecule has 1 saturated carbocycles. The molecule has 0 aromatic heterocycles. The van der Waals surface area contributed by atoms with Gasteiger partial charge in [0.15, 0.2) is 5.79 Å². The summed E-state index contributed by atoms with van der Waals surface area (Å²) in [7, 11) is 0. The highest BCUT2D eigenvalue weighted by atomic mass is 16.7. The van der Waals surface area contributed by atoms with Crippen LogP contribution < -0.4 is 0 Å². The Morgan fingerprint density at radius 3 is 2.20 bits per heavy atom. The van der Waals surface area contributed by atoms with Crippen molar-refractivity contribution in [2.45, 2.75) is 56.0 Å². The molecule has 0 N–H and O–H groups in total. The molecule has 30 heavy (non-hydrogen) atoms. The second-order valence-electron chi connectivity index (χ2n) is 8.93. The summed E-state index contributed by atoms with van der Waals surface area (Å²) in [6, 6.07) is 22.0. The molecule has 0 amide bonds. The molecular formula is C26H33NO3. The van der Waals surface area contributed by atoms with Crippen molar-refractivity contribution in [3.63, 3.8) is 0 Å². The Kier molecular flexibility index (Phi) is 6.19. The molecule has 0 radical (unpaired) electrons. The molecule has 4 nitrogen and oxygen atoms in total. The second kappa shape index (κ2) is 9.19. The standard InChI is InChI=1S/C26H33NO3/c1-3-9-21(10-4-1)23(22-11-5-2-6-12-22)19-28-25-14-8-7-13-24(25)27-16-15-26(20-27)29-17-18-30-26/h1-6,9-12,23-25H,7-8,13-20H2/t24-,25-/m0/s1. The maximum Gasteiger partial charge on any atom is 0.182 e. The lowest BCUT2D eigenvalue weighted by atomic mass is 9.90. The highest BCUT2D eigenvalue weighted by Crippen LogP contribution is 2.36. The number of likely N-dealkylation sites (tertiary alicyclic amines) is 1. The molecule has 2 aromatic carbocycles. The third-order valence-corrected chi connectivity index (χ3v) is 7.06. The first-order valence-corrected chi connectivity index (χ1v) is 11.6. The van der Waals surface area contributed by atoms with E-state index in [4.69, 9.17) is 14.2 Å². The predicted octanol–water partition coefficient (Wildman–Crippen LogP) is 4.60. The Labute approximate surface area is 180 Å². The zero-order valence-corrected chi connectivity index (χ0v) is 17.7. The minimum Gasteiger partial charge on any atom is -0.376 e. The number of ether oxygens (including phenoxy) is 3. The molecule has 2 saturated heterocycles. The number of benzene rings is 2. The first kappa shape index (κ1) is 20.2. The van der Waals surface area contributed by atoms with Gasteiger partial charge in [0.25, 0.3) is 0 Å². The van der Waals surface area contributed by atoms with E-state index in [1.165, 1.54) is 30.4 Å². The van der Waals surface area contributed by atoms with Gasteiger partial charge < -0.3 is 14.2 Å². The molecule has 0 bridgehead atoms. The van der Waals surface area contributed by atoms with Crippen molar-refractivity contribution in [1.82, 2.24) is 4.90 Å². The summed E-state index contributed by atoms with van der Waals surface area (Å²) in [4.78, 5) is 2.58. The zero-order chi connectivity index (χ0) is 20.2. The largest absolute Gasteiger partial charge is 0.376 e. The van der Waals surface area contributed by atoms with Gasteiger partial charge in [-0.05, 0) is 24.0 Å². The van der Waals surface area contributed by atoms with Gasteiger partial charge in [-0.2, -0.15) is 0 Å². The molecule has 5 rings (SSSR count). The first-order chi connectivity index (χ1) is 14.8. The summed E-state index contributed by atoms with van der Waals surface area (Å²) in [5.41, 5.74) is 2.65. The van der Waals surface area contributed by atoms with Crippen molar-refractivity contribution >= 4 is 0 Å². The van der Waals surface area contributed by atoms with E-state index >= 15 is 0 Å². The smallest absolute Gasteiger partial charge is 0.182 e. The van der Waals surface area contributed by atoms with E-state index in [-0.39, 0.29) is 17.8 Å². The molecule has 2 atom stereocenters. The third kappa shape index (κ3) is 4.33.